The summed E-state index contributed by atoms with van der Waals surface area (Å²) in [4.78, 5) is 23.4. The number of carboxylic acids is 2. The van der Waals surface area contributed by atoms with Gasteiger partial charge in [0.2, 0.25) is 0 Å². The zero-order valence-electron chi connectivity index (χ0n) is 19.5. The maximum absolute atomic E-state index is 13.7. The van der Waals surface area contributed by atoms with E-state index in [1.807, 2.05) is 0 Å². The van der Waals surface area contributed by atoms with E-state index in [-0.39, 0.29) is 21.4 Å². The van der Waals surface area contributed by atoms with E-state index in [0.717, 1.165) is 24.4 Å². The summed E-state index contributed by atoms with van der Waals surface area (Å²) in [6.07, 6.45) is 1.40. The maximum atomic E-state index is 13.7. The number of benzene rings is 2. The van der Waals surface area contributed by atoms with Crippen LogP contribution in [0.3, 0.4) is 0 Å². The van der Waals surface area contributed by atoms with Gasteiger partial charge in [-0.25, -0.2) is 18.0 Å². The summed E-state index contributed by atoms with van der Waals surface area (Å²) in [5.41, 5.74) is 1.18. The highest BCUT2D eigenvalue weighted by atomic mass is 79.9. The van der Waals surface area contributed by atoms with Crippen LogP contribution in [0, 0.1) is 5.92 Å². The van der Waals surface area contributed by atoms with Crippen molar-refractivity contribution in [3.8, 4) is 16.2 Å². The molecule has 37 heavy (non-hydrogen) atoms. The predicted octanol–water partition coefficient (Wildman–Crippen LogP) is 4.55. The van der Waals surface area contributed by atoms with Gasteiger partial charge in [0.05, 0.1) is 14.2 Å². The quantitative estimate of drug-likeness (QED) is 0.261. The fourth-order valence-electron chi connectivity index (χ4n) is 4.25. The number of sulfone groups is 1. The number of rotatable bonds is 10. The SMILES string of the molecule is O=C(O)COc1c(C(=O)O)sc(-c2cccc(NC(C3CCNCC3)S(=O)(=O)c3ccccc3)c2)c1Br. The summed E-state index contributed by atoms with van der Waals surface area (Å²) in [5, 5.41) is 24.2. The van der Waals surface area contributed by atoms with Crippen molar-refractivity contribution >= 4 is 54.7 Å². The molecule has 196 valence electrons. The lowest BCUT2D eigenvalue weighted by molar-refractivity contribution is -0.139. The number of carbonyl (C=O) groups is 2. The first-order chi connectivity index (χ1) is 17.7. The van der Waals surface area contributed by atoms with Crippen molar-refractivity contribution in [2.24, 2.45) is 5.92 Å². The van der Waals surface area contributed by atoms with Crippen molar-refractivity contribution in [3.05, 3.63) is 63.9 Å². The zero-order chi connectivity index (χ0) is 26.6. The molecule has 0 radical (unpaired) electrons. The van der Waals surface area contributed by atoms with E-state index in [2.05, 4.69) is 26.6 Å². The second kappa shape index (κ2) is 11.6. The molecule has 0 aliphatic carbocycles. The van der Waals surface area contributed by atoms with Crippen LogP contribution < -0.4 is 15.4 Å². The minimum Gasteiger partial charge on any atom is -0.479 e. The zero-order valence-corrected chi connectivity index (χ0v) is 22.7. The van der Waals surface area contributed by atoms with Crippen molar-refractivity contribution in [2.75, 3.05) is 25.0 Å². The first-order valence-corrected chi connectivity index (χ1v) is 14.6. The van der Waals surface area contributed by atoms with Gasteiger partial charge in [-0.15, -0.1) is 11.3 Å². The first-order valence-electron chi connectivity index (χ1n) is 11.4. The molecule has 9 nitrogen and oxygen atoms in total. The molecule has 1 atom stereocenters. The number of thiophene rings is 1. The van der Waals surface area contributed by atoms with Gasteiger partial charge in [0.1, 0.15) is 5.37 Å². The summed E-state index contributed by atoms with van der Waals surface area (Å²) in [6.45, 7) is 0.769. The first kappa shape index (κ1) is 27.1. The maximum Gasteiger partial charge on any atom is 0.349 e. The molecular formula is C25H25BrN2O7S2. The van der Waals surface area contributed by atoms with Gasteiger partial charge in [0.25, 0.3) is 0 Å². The molecule has 3 aromatic rings. The molecule has 2 heterocycles. The fraction of sp³-hybridized carbons (Fsp3) is 0.280. The molecule has 12 heteroatoms. The van der Waals surface area contributed by atoms with Crippen LogP contribution >= 0.6 is 27.3 Å². The standard InChI is InChI=1S/C25H25BrN2O7S2/c26-20-21(35-14-19(29)30)23(25(31)32)36-22(20)16-5-4-6-17(13-16)28-24(15-9-11-27-12-10-15)37(33,34)18-7-2-1-3-8-18/h1-8,13,15,24,27-28H,9-12,14H2,(H,29,30)(H,31,32). The van der Waals surface area contributed by atoms with E-state index < -0.39 is 33.8 Å². The third kappa shape index (κ3) is 6.15. The lowest BCUT2D eigenvalue weighted by atomic mass is 9.97. The third-order valence-electron chi connectivity index (χ3n) is 5.99. The Labute approximate surface area is 226 Å². The third-order valence-corrected chi connectivity index (χ3v) is 10.3. The van der Waals surface area contributed by atoms with Crippen LogP contribution in [-0.4, -0.2) is 55.6 Å². The highest BCUT2D eigenvalue weighted by Gasteiger charge is 2.35. The molecular weight excluding hydrogens is 584 g/mol. The van der Waals surface area contributed by atoms with Gasteiger partial charge in [-0.3, -0.25) is 0 Å². The van der Waals surface area contributed by atoms with Gasteiger partial charge < -0.3 is 25.6 Å². The van der Waals surface area contributed by atoms with Gasteiger partial charge in [-0.2, -0.15) is 0 Å². The van der Waals surface area contributed by atoms with Crippen LogP contribution in [0.2, 0.25) is 0 Å². The Kier molecular flexibility index (Phi) is 8.53. The Morgan fingerprint density at radius 2 is 1.81 bits per heavy atom. The predicted molar refractivity (Wildman–Crippen MR) is 144 cm³/mol. The average molecular weight is 610 g/mol. The van der Waals surface area contributed by atoms with Crippen molar-refractivity contribution in [1.82, 2.24) is 5.32 Å². The number of aliphatic carboxylic acids is 1. The average Bonchev–Trinajstić information content (AvgIpc) is 3.23. The number of halogens is 1. The minimum atomic E-state index is -3.71. The molecule has 1 fully saturated rings. The molecule has 0 saturated carbocycles. The Hall–Kier alpha value is -2.93. The fourth-order valence-corrected chi connectivity index (χ4v) is 8.04. The molecule has 1 aliphatic rings. The van der Waals surface area contributed by atoms with Crippen LogP contribution in [0.5, 0.6) is 5.75 Å². The molecule has 1 saturated heterocycles. The van der Waals surface area contributed by atoms with E-state index in [9.17, 15) is 23.1 Å². The molecule has 2 aromatic carbocycles. The molecule has 0 spiro atoms. The summed E-state index contributed by atoms with van der Waals surface area (Å²) >= 11 is 4.30. The highest BCUT2D eigenvalue weighted by molar-refractivity contribution is 9.10. The second-order valence-electron chi connectivity index (χ2n) is 8.48. The number of piperidine rings is 1. The second-order valence-corrected chi connectivity index (χ2v) is 12.4. The summed E-state index contributed by atoms with van der Waals surface area (Å²) < 4.78 is 32.9. The van der Waals surface area contributed by atoms with Gasteiger partial charge in [-0.05, 0) is 77.6 Å². The van der Waals surface area contributed by atoms with Crippen LogP contribution in [0.4, 0.5) is 5.69 Å². The van der Waals surface area contributed by atoms with Crippen LogP contribution in [0.15, 0.2) is 64.0 Å². The molecule has 4 N–H and O–H groups in total. The Morgan fingerprint density at radius 3 is 2.46 bits per heavy atom. The van der Waals surface area contributed by atoms with Crippen molar-refractivity contribution in [3.63, 3.8) is 0 Å². The Balaban J connectivity index is 1.70. The number of anilines is 1. The highest BCUT2D eigenvalue weighted by Crippen LogP contribution is 2.46. The lowest BCUT2D eigenvalue weighted by Crippen LogP contribution is -2.42. The number of carboxylic acid groups (broad SMARTS) is 2. The topological polar surface area (TPSA) is 142 Å². The number of ether oxygens (including phenoxy) is 1. The van der Waals surface area contributed by atoms with Crippen molar-refractivity contribution in [1.29, 1.82) is 0 Å². The smallest absolute Gasteiger partial charge is 0.349 e. The monoisotopic (exact) mass is 608 g/mol. The Bertz CT molecular complexity index is 1390. The number of hydrogen-bond acceptors (Lipinski definition) is 8. The van der Waals surface area contributed by atoms with Gasteiger partial charge in [0.15, 0.2) is 27.1 Å². The van der Waals surface area contributed by atoms with Crippen molar-refractivity contribution < 1.29 is 33.0 Å². The van der Waals surface area contributed by atoms with Gasteiger partial charge in [-0.1, -0.05) is 30.3 Å². The largest absolute Gasteiger partial charge is 0.479 e. The Morgan fingerprint density at radius 1 is 1.11 bits per heavy atom. The number of nitrogens with one attached hydrogen (secondary N) is 2. The molecule has 0 amide bonds. The van der Waals surface area contributed by atoms with Crippen molar-refractivity contribution in [2.45, 2.75) is 23.1 Å². The summed E-state index contributed by atoms with van der Waals surface area (Å²) in [6, 6.07) is 15.4. The molecule has 4 rings (SSSR count). The molecule has 1 aliphatic heterocycles. The molecule has 0 bridgehead atoms. The molecule has 1 aromatic heterocycles. The van der Waals surface area contributed by atoms with Crippen LogP contribution in [0.1, 0.15) is 22.5 Å². The lowest BCUT2D eigenvalue weighted by Gasteiger charge is -2.32. The molecule has 1 unspecified atom stereocenters. The number of aromatic carboxylic acids is 1. The summed E-state index contributed by atoms with van der Waals surface area (Å²) in [5.74, 6) is -2.65. The normalized spacial score (nSPS) is 15.2. The van der Waals surface area contributed by atoms with E-state index in [4.69, 9.17) is 9.84 Å². The van der Waals surface area contributed by atoms with Crippen LogP contribution in [0.25, 0.3) is 10.4 Å². The van der Waals surface area contributed by atoms with E-state index in [1.165, 1.54) is 0 Å². The minimum absolute atomic E-state index is 0.0625. The van der Waals surface area contributed by atoms with E-state index in [1.54, 1.807) is 54.6 Å². The van der Waals surface area contributed by atoms with Crippen LogP contribution in [-0.2, 0) is 14.6 Å². The van der Waals surface area contributed by atoms with Gasteiger partial charge in [0, 0.05) is 5.69 Å². The van der Waals surface area contributed by atoms with E-state index in [0.29, 0.717) is 33.4 Å². The summed E-state index contributed by atoms with van der Waals surface area (Å²) in [7, 11) is -3.71. The van der Waals surface area contributed by atoms with Gasteiger partial charge >= 0.3 is 11.9 Å². The van der Waals surface area contributed by atoms with E-state index >= 15 is 0 Å². The number of hydrogen-bond donors (Lipinski definition) is 4.